The molecule has 0 atom stereocenters. The van der Waals surface area contributed by atoms with Crippen molar-refractivity contribution in [2.24, 2.45) is 5.92 Å². The number of carbonyl (C=O) groups excluding carboxylic acids is 1. The molecule has 0 radical (unpaired) electrons. The van der Waals surface area contributed by atoms with Gasteiger partial charge in [0.2, 0.25) is 0 Å². The van der Waals surface area contributed by atoms with E-state index in [0.29, 0.717) is 23.2 Å². The second kappa shape index (κ2) is 5.38. The summed E-state index contributed by atoms with van der Waals surface area (Å²) in [6, 6.07) is 4.69. The topological polar surface area (TPSA) is 61.6 Å². The molecule has 1 aliphatic carbocycles. The molecule has 0 saturated heterocycles. The Kier molecular flexibility index (Phi) is 3.86. The number of rotatable bonds is 5. The molecule has 0 spiro atoms. The fourth-order valence-electron chi connectivity index (χ4n) is 1.37. The molecule has 92 valence electrons. The van der Waals surface area contributed by atoms with E-state index in [4.69, 9.17) is 26.8 Å². The van der Waals surface area contributed by atoms with E-state index in [2.05, 4.69) is 0 Å². The van der Waals surface area contributed by atoms with Crippen LogP contribution >= 0.6 is 11.6 Å². The number of ether oxygens (including phenoxy) is 2. The monoisotopic (exact) mass is 255 g/mol. The predicted molar refractivity (Wildman–Crippen MR) is 64.8 cm³/mol. The number of hydrogen-bond acceptors (Lipinski definition) is 4. The lowest BCUT2D eigenvalue weighted by Gasteiger charge is -2.07. The standard InChI is InChI=1S/C12H14ClNO3/c13-11-4-3-9(14)5-10(11)12(15)17-7-16-6-8-1-2-8/h3-5,8H,1-2,6-7,14H2. The average Bonchev–Trinajstić information content (AvgIpc) is 3.11. The fourth-order valence-corrected chi connectivity index (χ4v) is 1.57. The van der Waals surface area contributed by atoms with E-state index < -0.39 is 5.97 Å². The van der Waals surface area contributed by atoms with Crippen LogP contribution in [0.5, 0.6) is 0 Å². The van der Waals surface area contributed by atoms with Crippen LogP contribution in [0, 0.1) is 5.92 Å². The van der Waals surface area contributed by atoms with Crippen LogP contribution in [0.25, 0.3) is 0 Å². The Bertz CT molecular complexity index is 418. The van der Waals surface area contributed by atoms with Crippen molar-refractivity contribution in [2.45, 2.75) is 12.8 Å². The van der Waals surface area contributed by atoms with E-state index in [0.717, 1.165) is 0 Å². The molecular weight excluding hydrogens is 242 g/mol. The number of anilines is 1. The number of carbonyl (C=O) groups is 1. The van der Waals surface area contributed by atoms with Crippen molar-refractivity contribution < 1.29 is 14.3 Å². The van der Waals surface area contributed by atoms with E-state index >= 15 is 0 Å². The highest BCUT2D eigenvalue weighted by molar-refractivity contribution is 6.33. The number of esters is 1. The first-order valence-corrected chi connectivity index (χ1v) is 5.84. The molecule has 1 fully saturated rings. The summed E-state index contributed by atoms with van der Waals surface area (Å²) in [6.07, 6.45) is 2.41. The summed E-state index contributed by atoms with van der Waals surface area (Å²) >= 11 is 5.87. The lowest BCUT2D eigenvalue weighted by Crippen LogP contribution is -2.10. The molecule has 0 heterocycles. The first kappa shape index (κ1) is 12.2. The minimum atomic E-state index is -0.516. The largest absolute Gasteiger partial charge is 0.435 e. The summed E-state index contributed by atoms with van der Waals surface area (Å²) in [5.74, 6) is 0.128. The zero-order chi connectivity index (χ0) is 12.3. The van der Waals surface area contributed by atoms with Gasteiger partial charge < -0.3 is 15.2 Å². The van der Waals surface area contributed by atoms with Crippen LogP contribution in [-0.4, -0.2) is 19.4 Å². The molecule has 5 heteroatoms. The lowest BCUT2D eigenvalue weighted by molar-refractivity contribution is -0.0344. The molecule has 0 aromatic heterocycles. The van der Waals surface area contributed by atoms with Crippen LogP contribution < -0.4 is 5.73 Å². The van der Waals surface area contributed by atoms with Crippen molar-refractivity contribution in [1.29, 1.82) is 0 Å². The molecule has 1 saturated carbocycles. The molecule has 4 nitrogen and oxygen atoms in total. The van der Waals surface area contributed by atoms with Gasteiger partial charge in [-0.25, -0.2) is 4.79 Å². The van der Waals surface area contributed by atoms with Crippen molar-refractivity contribution in [3.8, 4) is 0 Å². The van der Waals surface area contributed by atoms with Gasteiger partial charge >= 0.3 is 5.97 Å². The Morgan fingerprint density at radius 3 is 2.94 bits per heavy atom. The Hall–Kier alpha value is -1.26. The van der Waals surface area contributed by atoms with Gasteiger partial charge in [0.05, 0.1) is 17.2 Å². The molecule has 2 N–H and O–H groups in total. The highest BCUT2D eigenvalue weighted by atomic mass is 35.5. The van der Waals surface area contributed by atoms with Gasteiger partial charge in [-0.15, -0.1) is 0 Å². The molecule has 1 aromatic carbocycles. The molecule has 0 bridgehead atoms. The maximum absolute atomic E-state index is 11.6. The summed E-state index contributed by atoms with van der Waals surface area (Å²) in [7, 11) is 0. The van der Waals surface area contributed by atoms with E-state index in [1.807, 2.05) is 0 Å². The molecule has 0 amide bonds. The highest BCUT2D eigenvalue weighted by Crippen LogP contribution is 2.28. The van der Waals surface area contributed by atoms with Gasteiger partial charge in [-0.2, -0.15) is 0 Å². The third-order valence-electron chi connectivity index (χ3n) is 2.53. The molecular formula is C12H14ClNO3. The van der Waals surface area contributed by atoms with Crippen LogP contribution in [0.1, 0.15) is 23.2 Å². The number of halogens is 1. The van der Waals surface area contributed by atoms with E-state index in [-0.39, 0.29) is 12.4 Å². The summed E-state index contributed by atoms with van der Waals surface area (Å²) in [6.45, 7) is 0.610. The van der Waals surface area contributed by atoms with Crippen molar-refractivity contribution in [3.05, 3.63) is 28.8 Å². The average molecular weight is 256 g/mol. The van der Waals surface area contributed by atoms with Crippen LogP contribution in [-0.2, 0) is 9.47 Å². The van der Waals surface area contributed by atoms with E-state index in [1.54, 1.807) is 12.1 Å². The molecule has 1 aliphatic rings. The van der Waals surface area contributed by atoms with Crippen LogP contribution in [0.4, 0.5) is 5.69 Å². The SMILES string of the molecule is Nc1ccc(Cl)c(C(=O)OCOCC2CC2)c1. The second-order valence-electron chi connectivity index (χ2n) is 4.10. The van der Waals surface area contributed by atoms with Gasteiger partial charge in [-0.1, -0.05) is 11.6 Å². The summed E-state index contributed by atoms with van der Waals surface area (Å²) in [5.41, 5.74) is 6.31. The minimum Gasteiger partial charge on any atom is -0.435 e. The van der Waals surface area contributed by atoms with E-state index in [9.17, 15) is 4.79 Å². The summed E-state index contributed by atoms with van der Waals surface area (Å²) in [5, 5.41) is 0.325. The van der Waals surface area contributed by atoms with Crippen LogP contribution in [0.2, 0.25) is 5.02 Å². The highest BCUT2D eigenvalue weighted by Gasteiger charge is 2.21. The van der Waals surface area contributed by atoms with Gasteiger partial charge in [0, 0.05) is 5.69 Å². The Morgan fingerprint density at radius 2 is 2.24 bits per heavy atom. The van der Waals surface area contributed by atoms with Gasteiger partial charge in [0.25, 0.3) is 0 Å². The van der Waals surface area contributed by atoms with Crippen molar-refractivity contribution in [1.82, 2.24) is 0 Å². The molecule has 17 heavy (non-hydrogen) atoms. The van der Waals surface area contributed by atoms with Gasteiger partial charge in [0.1, 0.15) is 0 Å². The van der Waals surface area contributed by atoms with Gasteiger partial charge in [-0.05, 0) is 37.0 Å². The number of hydrogen-bond donors (Lipinski definition) is 1. The summed E-state index contributed by atoms with van der Waals surface area (Å²) < 4.78 is 10.1. The molecule has 0 unspecified atom stereocenters. The minimum absolute atomic E-state index is 0.0412. The predicted octanol–water partition coefficient (Wildman–Crippen LogP) is 2.46. The Labute approximate surface area is 105 Å². The quantitative estimate of drug-likeness (QED) is 0.380. The van der Waals surface area contributed by atoms with E-state index in [1.165, 1.54) is 18.9 Å². The molecule has 1 aromatic rings. The van der Waals surface area contributed by atoms with Crippen molar-refractivity contribution in [2.75, 3.05) is 19.1 Å². The van der Waals surface area contributed by atoms with Gasteiger partial charge in [-0.3, -0.25) is 0 Å². The second-order valence-corrected chi connectivity index (χ2v) is 4.51. The number of benzene rings is 1. The maximum atomic E-state index is 11.6. The van der Waals surface area contributed by atoms with Gasteiger partial charge in [0.15, 0.2) is 6.79 Å². The van der Waals surface area contributed by atoms with Crippen LogP contribution in [0.15, 0.2) is 18.2 Å². The zero-order valence-corrected chi connectivity index (χ0v) is 10.1. The normalized spacial score (nSPS) is 14.6. The van der Waals surface area contributed by atoms with Crippen molar-refractivity contribution in [3.63, 3.8) is 0 Å². The number of nitrogen functional groups attached to an aromatic ring is 1. The lowest BCUT2D eigenvalue weighted by atomic mass is 10.2. The third-order valence-corrected chi connectivity index (χ3v) is 2.86. The first-order chi connectivity index (χ1) is 8.16. The maximum Gasteiger partial charge on any atom is 0.341 e. The van der Waals surface area contributed by atoms with Crippen molar-refractivity contribution >= 4 is 23.3 Å². The fraction of sp³-hybridized carbons (Fsp3) is 0.417. The molecule has 0 aliphatic heterocycles. The Balaban J connectivity index is 1.82. The molecule has 2 rings (SSSR count). The smallest absolute Gasteiger partial charge is 0.341 e. The number of nitrogens with two attached hydrogens (primary N) is 1. The first-order valence-electron chi connectivity index (χ1n) is 5.46. The Morgan fingerprint density at radius 1 is 1.47 bits per heavy atom. The third kappa shape index (κ3) is 3.61. The zero-order valence-electron chi connectivity index (χ0n) is 9.32. The summed E-state index contributed by atoms with van der Waals surface area (Å²) in [4.78, 5) is 11.6. The van der Waals surface area contributed by atoms with Crippen LogP contribution in [0.3, 0.4) is 0 Å².